The molecule has 1 aromatic carbocycles. The van der Waals surface area contributed by atoms with E-state index in [9.17, 15) is 0 Å². The fourth-order valence-corrected chi connectivity index (χ4v) is 2.30. The number of para-hydroxylation sites is 2. The summed E-state index contributed by atoms with van der Waals surface area (Å²) in [7, 11) is 0. The van der Waals surface area contributed by atoms with Crippen LogP contribution >= 0.6 is 0 Å². The minimum Gasteiger partial charge on any atom is -0.441 e. The molecule has 0 aliphatic heterocycles. The lowest BCUT2D eigenvalue weighted by Gasteiger charge is -1.99. The second-order valence-electron chi connectivity index (χ2n) is 5.02. The Labute approximate surface area is 115 Å². The fourth-order valence-electron chi connectivity index (χ4n) is 2.30. The summed E-state index contributed by atoms with van der Waals surface area (Å²) in [6.07, 6.45) is 11.8. The van der Waals surface area contributed by atoms with Gasteiger partial charge in [-0.15, -0.1) is 6.58 Å². The molecular weight excluding hydrogens is 234 g/mol. The molecular formula is C17H23NO. The van der Waals surface area contributed by atoms with Crippen LogP contribution in [0.3, 0.4) is 0 Å². The summed E-state index contributed by atoms with van der Waals surface area (Å²) in [6, 6.07) is 7.96. The molecule has 0 unspecified atom stereocenters. The molecule has 1 aromatic heterocycles. The number of fused-ring (bicyclic) bond motifs is 1. The molecule has 0 saturated carbocycles. The van der Waals surface area contributed by atoms with Crippen molar-refractivity contribution in [3.8, 4) is 0 Å². The van der Waals surface area contributed by atoms with E-state index in [1.54, 1.807) is 0 Å². The number of allylic oxidation sites excluding steroid dienone is 1. The van der Waals surface area contributed by atoms with Gasteiger partial charge in [0.05, 0.1) is 0 Å². The first kappa shape index (κ1) is 13.9. The van der Waals surface area contributed by atoms with E-state index in [1.807, 2.05) is 30.3 Å². The zero-order valence-corrected chi connectivity index (χ0v) is 11.6. The van der Waals surface area contributed by atoms with Gasteiger partial charge < -0.3 is 4.42 Å². The SMILES string of the molecule is C=CCCCCCCCCc1nc2ccccc2o1. The predicted octanol–water partition coefficient (Wildman–Crippen LogP) is 5.29. The predicted molar refractivity (Wildman–Crippen MR) is 80.2 cm³/mol. The van der Waals surface area contributed by atoms with Crippen LogP contribution in [0.2, 0.25) is 0 Å². The van der Waals surface area contributed by atoms with Crippen LogP contribution in [0.25, 0.3) is 11.1 Å². The highest BCUT2D eigenvalue weighted by molar-refractivity contribution is 5.72. The first-order valence-corrected chi connectivity index (χ1v) is 7.35. The third-order valence-electron chi connectivity index (χ3n) is 3.39. The Hall–Kier alpha value is -1.57. The van der Waals surface area contributed by atoms with Crippen LogP contribution in [-0.4, -0.2) is 4.98 Å². The fraction of sp³-hybridized carbons (Fsp3) is 0.471. The Bertz CT molecular complexity index is 468. The molecule has 0 N–H and O–H groups in total. The number of nitrogens with zero attached hydrogens (tertiary/aromatic N) is 1. The third kappa shape index (κ3) is 4.55. The van der Waals surface area contributed by atoms with Gasteiger partial charge in [0.25, 0.3) is 0 Å². The van der Waals surface area contributed by atoms with Crippen LogP contribution in [0.15, 0.2) is 41.3 Å². The lowest BCUT2D eigenvalue weighted by Crippen LogP contribution is -1.86. The third-order valence-corrected chi connectivity index (χ3v) is 3.39. The number of rotatable bonds is 9. The van der Waals surface area contributed by atoms with Crippen LogP contribution in [0, 0.1) is 0 Å². The largest absolute Gasteiger partial charge is 0.441 e. The highest BCUT2D eigenvalue weighted by Crippen LogP contribution is 2.17. The number of aromatic nitrogens is 1. The summed E-state index contributed by atoms with van der Waals surface area (Å²) in [5.74, 6) is 0.882. The Kier molecular flexibility index (Phi) is 5.67. The minimum absolute atomic E-state index is 0.882. The van der Waals surface area contributed by atoms with Crippen molar-refractivity contribution < 1.29 is 4.42 Å². The molecule has 0 radical (unpaired) electrons. The summed E-state index contributed by atoms with van der Waals surface area (Å²) in [4.78, 5) is 4.49. The zero-order chi connectivity index (χ0) is 13.3. The van der Waals surface area contributed by atoms with Crippen molar-refractivity contribution >= 4 is 11.1 Å². The number of oxazole rings is 1. The van der Waals surface area contributed by atoms with Gasteiger partial charge in [0.15, 0.2) is 11.5 Å². The maximum Gasteiger partial charge on any atom is 0.195 e. The van der Waals surface area contributed by atoms with E-state index in [1.165, 1.54) is 38.5 Å². The van der Waals surface area contributed by atoms with Crippen molar-refractivity contribution in [2.75, 3.05) is 0 Å². The lowest BCUT2D eigenvalue weighted by atomic mass is 10.1. The molecule has 0 aliphatic carbocycles. The summed E-state index contributed by atoms with van der Waals surface area (Å²) in [5.41, 5.74) is 1.88. The topological polar surface area (TPSA) is 26.0 Å². The van der Waals surface area contributed by atoms with Gasteiger partial charge in [-0.25, -0.2) is 4.98 Å². The van der Waals surface area contributed by atoms with Crippen LogP contribution in [0.1, 0.15) is 50.8 Å². The van der Waals surface area contributed by atoms with Gasteiger partial charge in [-0.1, -0.05) is 43.9 Å². The minimum atomic E-state index is 0.882. The number of hydrogen-bond acceptors (Lipinski definition) is 2. The first-order valence-electron chi connectivity index (χ1n) is 7.35. The standard InChI is InChI=1S/C17H23NO/c1-2-3-4-5-6-7-8-9-14-17-18-15-12-10-11-13-16(15)19-17/h2,10-13H,1,3-9,14H2. The van der Waals surface area contributed by atoms with Gasteiger partial charge in [0.1, 0.15) is 5.52 Å². The average Bonchev–Trinajstić information content (AvgIpc) is 2.84. The van der Waals surface area contributed by atoms with E-state index in [2.05, 4.69) is 11.6 Å². The number of aryl methyl sites for hydroxylation is 1. The van der Waals surface area contributed by atoms with E-state index in [-0.39, 0.29) is 0 Å². The van der Waals surface area contributed by atoms with Crippen LogP contribution in [0.4, 0.5) is 0 Å². The molecule has 1 heterocycles. The summed E-state index contributed by atoms with van der Waals surface area (Å²) in [6.45, 7) is 3.74. The Morgan fingerprint density at radius 1 is 1.00 bits per heavy atom. The molecule has 0 aliphatic rings. The molecule has 0 bridgehead atoms. The van der Waals surface area contributed by atoms with Crippen LogP contribution in [0.5, 0.6) is 0 Å². The molecule has 0 fully saturated rings. The molecule has 19 heavy (non-hydrogen) atoms. The van der Waals surface area contributed by atoms with Gasteiger partial charge in [0.2, 0.25) is 0 Å². The van der Waals surface area contributed by atoms with E-state index < -0.39 is 0 Å². The van der Waals surface area contributed by atoms with Gasteiger partial charge in [-0.3, -0.25) is 0 Å². The highest BCUT2D eigenvalue weighted by atomic mass is 16.3. The Balaban J connectivity index is 1.61. The molecule has 0 saturated heterocycles. The van der Waals surface area contributed by atoms with Crippen molar-refractivity contribution in [3.63, 3.8) is 0 Å². The Morgan fingerprint density at radius 2 is 1.74 bits per heavy atom. The van der Waals surface area contributed by atoms with E-state index in [0.29, 0.717) is 0 Å². The van der Waals surface area contributed by atoms with Gasteiger partial charge in [-0.05, 0) is 31.4 Å². The lowest BCUT2D eigenvalue weighted by molar-refractivity contribution is 0.504. The number of unbranched alkanes of at least 4 members (excludes halogenated alkanes) is 6. The van der Waals surface area contributed by atoms with Crippen molar-refractivity contribution in [2.24, 2.45) is 0 Å². The zero-order valence-electron chi connectivity index (χ0n) is 11.6. The van der Waals surface area contributed by atoms with Crippen LogP contribution < -0.4 is 0 Å². The van der Waals surface area contributed by atoms with E-state index in [0.717, 1.165) is 29.8 Å². The van der Waals surface area contributed by atoms with Crippen molar-refractivity contribution in [1.82, 2.24) is 4.98 Å². The van der Waals surface area contributed by atoms with Gasteiger partial charge in [0, 0.05) is 6.42 Å². The van der Waals surface area contributed by atoms with E-state index in [4.69, 9.17) is 4.42 Å². The normalized spacial score (nSPS) is 10.9. The number of benzene rings is 1. The first-order chi connectivity index (χ1) is 9.40. The maximum absolute atomic E-state index is 5.71. The molecule has 0 atom stereocenters. The van der Waals surface area contributed by atoms with Gasteiger partial charge >= 0.3 is 0 Å². The van der Waals surface area contributed by atoms with Crippen molar-refractivity contribution in [1.29, 1.82) is 0 Å². The molecule has 2 nitrogen and oxygen atoms in total. The van der Waals surface area contributed by atoms with Crippen molar-refractivity contribution in [3.05, 3.63) is 42.8 Å². The Morgan fingerprint density at radius 3 is 2.53 bits per heavy atom. The highest BCUT2D eigenvalue weighted by Gasteiger charge is 2.03. The monoisotopic (exact) mass is 257 g/mol. The summed E-state index contributed by atoms with van der Waals surface area (Å²) >= 11 is 0. The molecule has 0 spiro atoms. The summed E-state index contributed by atoms with van der Waals surface area (Å²) < 4.78 is 5.71. The van der Waals surface area contributed by atoms with Gasteiger partial charge in [-0.2, -0.15) is 0 Å². The van der Waals surface area contributed by atoms with Crippen molar-refractivity contribution in [2.45, 2.75) is 51.4 Å². The average molecular weight is 257 g/mol. The quantitative estimate of drug-likeness (QED) is 0.451. The maximum atomic E-state index is 5.71. The molecule has 102 valence electrons. The summed E-state index contributed by atoms with van der Waals surface area (Å²) in [5, 5.41) is 0. The molecule has 2 rings (SSSR count). The second kappa shape index (κ2) is 7.78. The second-order valence-corrected chi connectivity index (χ2v) is 5.02. The molecule has 2 aromatic rings. The number of hydrogen-bond donors (Lipinski definition) is 0. The van der Waals surface area contributed by atoms with Crippen LogP contribution in [-0.2, 0) is 6.42 Å². The van der Waals surface area contributed by atoms with E-state index >= 15 is 0 Å². The smallest absolute Gasteiger partial charge is 0.195 e. The molecule has 0 amide bonds. The molecule has 2 heteroatoms.